The molecule has 158 valence electrons. The topological polar surface area (TPSA) is 0 Å². The summed E-state index contributed by atoms with van der Waals surface area (Å²) < 4.78 is 3.23. The zero-order valence-corrected chi connectivity index (χ0v) is 31.8. The Balaban J connectivity index is 5.71. The van der Waals surface area contributed by atoms with E-state index in [2.05, 4.69) is 78.6 Å². The van der Waals surface area contributed by atoms with Crippen molar-refractivity contribution in [2.45, 2.75) is 93.8 Å². The maximum atomic E-state index is 7.29. The van der Waals surface area contributed by atoms with Crippen molar-refractivity contribution >= 4 is 100 Å². The average molecular weight is 726 g/mol. The monoisotopic (exact) mass is 726 g/mol. The van der Waals surface area contributed by atoms with Crippen LogP contribution in [-0.2, 0) is 0 Å². The van der Waals surface area contributed by atoms with Crippen molar-refractivity contribution in [1.29, 1.82) is 0 Å². The van der Waals surface area contributed by atoms with Crippen molar-refractivity contribution in [3.05, 3.63) is 0 Å². The molecule has 0 aliphatic carbocycles. The molecule has 0 radical (unpaired) electrons. The minimum atomic E-state index is -3.27. The Bertz CT molecular complexity index is 403. The van der Waals surface area contributed by atoms with Crippen molar-refractivity contribution in [2.75, 3.05) is 0 Å². The second-order valence-electron chi connectivity index (χ2n) is 12.4. The average Bonchev–Trinajstić information content (AvgIpc) is 2.15. The van der Waals surface area contributed by atoms with Crippen LogP contribution in [0.1, 0.15) is 0 Å². The first-order chi connectivity index (χ1) is 10.9. The summed E-state index contributed by atoms with van der Waals surface area (Å²) in [6, 6.07) is 0. The van der Waals surface area contributed by atoms with Crippen molar-refractivity contribution in [3.63, 3.8) is 0 Å². The summed E-state index contributed by atoms with van der Waals surface area (Å²) in [7, 11) is 23.5. The number of hydrogen-bond donors (Lipinski definition) is 0. The Kier molecular flexibility index (Phi) is 11.0. The molecule has 0 saturated carbocycles. The zero-order valence-electron chi connectivity index (χ0n) is 19.1. The number of halogens is 4. The van der Waals surface area contributed by atoms with Crippen LogP contribution in [-0.4, -0.2) is 64.5 Å². The second-order valence-corrected chi connectivity index (χ2v) is 76.9. The van der Waals surface area contributed by atoms with Gasteiger partial charge in [-0.2, -0.15) is 0 Å². The Morgan fingerprint density at radius 2 is 0.615 bits per heavy atom. The van der Waals surface area contributed by atoms with Crippen LogP contribution in [0.3, 0.4) is 0 Å². The molecule has 0 rings (SSSR count). The Hall–Kier alpha value is 3.62. The molecule has 0 nitrogen and oxygen atoms in total. The van der Waals surface area contributed by atoms with Crippen LogP contribution < -0.4 is 0 Å². The van der Waals surface area contributed by atoms with Gasteiger partial charge in [0.25, 0.3) is 0 Å². The fourth-order valence-corrected chi connectivity index (χ4v) is 165. The number of rotatable bonds is 9. The van der Waals surface area contributed by atoms with E-state index in [1.165, 1.54) is 0 Å². The van der Waals surface area contributed by atoms with Gasteiger partial charge in [0.1, 0.15) is 0 Å². The molecule has 0 heterocycles. The van der Waals surface area contributed by atoms with Crippen LogP contribution in [0.25, 0.3) is 0 Å². The molecule has 0 N–H and O–H groups in total. The fourth-order valence-electron chi connectivity index (χ4n) is 5.75. The van der Waals surface area contributed by atoms with E-state index in [1.54, 1.807) is 0 Å². The van der Waals surface area contributed by atoms with Crippen molar-refractivity contribution in [2.24, 2.45) is 0 Å². The summed E-state index contributed by atoms with van der Waals surface area (Å²) in [5.74, 6) is 0. The van der Waals surface area contributed by atoms with E-state index < -0.39 is 64.5 Å². The molecule has 0 aliphatic rings. The summed E-state index contributed by atoms with van der Waals surface area (Å²) in [5, 5.41) is 0. The van der Waals surface area contributed by atoms with E-state index in [0.717, 1.165) is 8.87 Å². The van der Waals surface area contributed by atoms with E-state index >= 15 is 0 Å². The zero-order chi connectivity index (χ0) is 21.6. The van der Waals surface area contributed by atoms with E-state index in [-0.39, 0.29) is 0 Å². The quantitative estimate of drug-likeness (QED) is 0.208. The summed E-state index contributed by atoms with van der Waals surface area (Å²) in [6.45, 7) is 29.5. The van der Waals surface area contributed by atoms with Gasteiger partial charge in [-0.3, -0.25) is 0 Å². The van der Waals surface area contributed by atoms with Gasteiger partial charge < -0.3 is 0 Å². The first-order valence-corrected chi connectivity index (χ1v) is 45.8. The van der Waals surface area contributed by atoms with Gasteiger partial charge in [-0.05, 0) is 0 Å². The van der Waals surface area contributed by atoms with E-state index in [4.69, 9.17) is 35.7 Å². The molecule has 0 aromatic carbocycles. The molecule has 0 fully saturated rings. The Morgan fingerprint density at radius 3 is 0.731 bits per heavy atom. The van der Waals surface area contributed by atoms with Gasteiger partial charge in [0.15, 0.2) is 0 Å². The van der Waals surface area contributed by atoms with Crippen molar-refractivity contribution in [1.82, 2.24) is 0 Å². The van der Waals surface area contributed by atoms with Gasteiger partial charge in [-0.25, -0.2) is 0 Å². The summed E-state index contributed by atoms with van der Waals surface area (Å²) >= 11 is -6.54. The molecule has 0 bridgehead atoms. The molecule has 0 saturated heterocycles. The molecular formula is C16H42Cl4Si4Sn2. The molecule has 0 aromatic rings. The standard InChI is InChI=1S/2C7H19Si2.C2H4.4ClH.2Sn/c2*1-8(2,3)7-9(4,5)6;1-2;;;;;;/h2*7H,1-6H3;1-2H2;4*1H;;/q;;;;;;;2*+2/p-4. The molecule has 0 aliphatic heterocycles. The normalized spacial score (nSPS) is 15.9. The molecule has 0 unspecified atom stereocenters. The number of hydrogen-bond acceptors (Lipinski definition) is 0. The third-order valence-corrected chi connectivity index (χ3v) is 100. The van der Waals surface area contributed by atoms with Crippen LogP contribution in [0.4, 0.5) is 0 Å². The maximum absolute atomic E-state index is 7.29. The first-order valence-electron chi connectivity index (χ1n) is 9.70. The minimum absolute atomic E-state index is 0.639. The van der Waals surface area contributed by atoms with Crippen LogP contribution >= 0.6 is 35.7 Å². The van der Waals surface area contributed by atoms with E-state index in [1.807, 2.05) is 0 Å². The third kappa shape index (κ3) is 9.01. The predicted molar refractivity (Wildman–Crippen MR) is 145 cm³/mol. The van der Waals surface area contributed by atoms with Crippen LogP contribution in [0.2, 0.25) is 93.8 Å². The van der Waals surface area contributed by atoms with Gasteiger partial charge in [0.05, 0.1) is 0 Å². The summed E-state index contributed by atoms with van der Waals surface area (Å²) in [4.78, 5) is 0. The van der Waals surface area contributed by atoms with Crippen LogP contribution in [0.15, 0.2) is 0 Å². The van der Waals surface area contributed by atoms with Crippen molar-refractivity contribution in [3.8, 4) is 0 Å². The Labute approximate surface area is 191 Å². The molecule has 0 atom stereocenters. The SMILES string of the molecule is C[Si](C)(C)[CH]([Si](C)(C)C)[Sn]([Cl])([Cl])[CH2][CH2][Sn]([Cl])([Cl])[CH]([Si](C)(C)C)[Si](C)(C)C. The van der Waals surface area contributed by atoms with Gasteiger partial charge in [-0.1, -0.05) is 0 Å². The van der Waals surface area contributed by atoms with Crippen LogP contribution in [0.5, 0.6) is 0 Å². The van der Waals surface area contributed by atoms with Gasteiger partial charge in [0.2, 0.25) is 0 Å². The molecule has 0 spiro atoms. The predicted octanol–water partition coefficient (Wildman–Crippen LogP) is 9.08. The van der Waals surface area contributed by atoms with Crippen molar-refractivity contribution < 1.29 is 0 Å². The van der Waals surface area contributed by atoms with E-state index in [0.29, 0.717) is 6.36 Å². The summed E-state index contributed by atoms with van der Waals surface area (Å²) in [5.41, 5.74) is 0. The van der Waals surface area contributed by atoms with Gasteiger partial charge in [0, 0.05) is 0 Å². The molecule has 26 heavy (non-hydrogen) atoms. The van der Waals surface area contributed by atoms with Gasteiger partial charge in [-0.15, -0.1) is 0 Å². The summed E-state index contributed by atoms with van der Waals surface area (Å²) in [6.07, 6.45) is 0. The Morgan fingerprint density at radius 1 is 0.462 bits per heavy atom. The third-order valence-electron chi connectivity index (χ3n) is 5.10. The molecular weight excluding hydrogens is 684 g/mol. The second kappa shape index (κ2) is 9.63. The van der Waals surface area contributed by atoms with E-state index in [9.17, 15) is 0 Å². The molecule has 0 aromatic heterocycles. The van der Waals surface area contributed by atoms with Gasteiger partial charge >= 0.3 is 194 Å². The van der Waals surface area contributed by atoms with Crippen LogP contribution in [0, 0.1) is 0 Å². The first kappa shape index (κ1) is 29.6. The molecule has 0 amide bonds. The molecule has 10 heteroatoms. The fraction of sp³-hybridized carbons (Fsp3) is 1.00.